The van der Waals surface area contributed by atoms with E-state index in [9.17, 15) is 14.0 Å². The molecule has 8 heteroatoms. The van der Waals surface area contributed by atoms with E-state index in [1.165, 1.54) is 12.1 Å². The third-order valence-corrected chi connectivity index (χ3v) is 5.72. The topological polar surface area (TPSA) is 64.4 Å². The third kappa shape index (κ3) is 2.23. The molecule has 0 N–H and O–H groups in total. The molecule has 2 aromatic rings. The number of fused-ring (bicyclic) bond motifs is 5. The smallest absolute Gasteiger partial charge is 0.241 e. The molecule has 1 aromatic carbocycles. The monoisotopic (exact) mass is 375 g/mol. The number of ether oxygens (including phenoxy) is 1. The molecule has 0 spiro atoms. The average Bonchev–Trinajstić information content (AvgIpc) is 3.35. The van der Waals surface area contributed by atoms with Gasteiger partial charge >= 0.3 is 0 Å². The van der Waals surface area contributed by atoms with Crippen LogP contribution < -0.4 is 4.90 Å². The van der Waals surface area contributed by atoms with Gasteiger partial charge in [-0.1, -0.05) is 23.7 Å². The maximum atomic E-state index is 13.0. The molecule has 4 atom stereocenters. The molecule has 1 aromatic heterocycles. The fourth-order valence-electron chi connectivity index (χ4n) is 4.32. The zero-order valence-electron chi connectivity index (χ0n) is 13.6. The molecule has 2 amide bonds. The number of amides is 2. The van der Waals surface area contributed by atoms with Crippen LogP contribution >= 0.6 is 11.6 Å². The van der Waals surface area contributed by atoms with Crippen molar-refractivity contribution in [1.29, 1.82) is 0 Å². The predicted octanol–water partition coefficient (Wildman–Crippen LogP) is 2.39. The second kappa shape index (κ2) is 5.62. The maximum Gasteiger partial charge on any atom is 0.241 e. The number of anilines is 1. The number of carbonyl (C=O) groups is 2. The molecule has 0 saturated carbocycles. The van der Waals surface area contributed by atoms with Crippen LogP contribution in [0.15, 0.2) is 30.5 Å². The van der Waals surface area contributed by atoms with E-state index in [4.69, 9.17) is 16.3 Å². The number of hydrogen-bond donors (Lipinski definition) is 0. The Labute approximate surface area is 153 Å². The summed E-state index contributed by atoms with van der Waals surface area (Å²) in [5.41, 5.74) is 0.833. The summed E-state index contributed by atoms with van der Waals surface area (Å²) in [7, 11) is 0. The fraction of sp³-hybridized carbons (Fsp3) is 0.389. The standard InChI is InChI=1S/C18H15ClFN3O3/c19-11-8-22(7-9-1-3-10(20)4-2-9)21-16(11)23-17(24)14-12-5-6-13(26-12)15(14)18(23)25/h1-4,8,12-15H,5-7H2/t12-,13-,14-,15+/m1/s1. The van der Waals surface area contributed by atoms with Gasteiger partial charge in [-0.2, -0.15) is 5.10 Å². The zero-order chi connectivity index (χ0) is 18.0. The average molecular weight is 376 g/mol. The Balaban J connectivity index is 1.44. The van der Waals surface area contributed by atoms with Gasteiger partial charge in [0.25, 0.3) is 0 Å². The van der Waals surface area contributed by atoms with E-state index in [2.05, 4.69) is 5.10 Å². The van der Waals surface area contributed by atoms with Crippen LogP contribution in [-0.2, 0) is 20.9 Å². The highest BCUT2D eigenvalue weighted by Gasteiger charge is 2.63. The minimum absolute atomic E-state index is 0.164. The number of carbonyl (C=O) groups excluding carboxylic acids is 2. The summed E-state index contributed by atoms with van der Waals surface area (Å²) in [5.74, 6) is -1.54. The van der Waals surface area contributed by atoms with E-state index in [-0.39, 0.29) is 40.7 Å². The van der Waals surface area contributed by atoms with Crippen molar-refractivity contribution in [2.45, 2.75) is 31.6 Å². The molecule has 3 saturated heterocycles. The Kier molecular flexibility index (Phi) is 3.45. The highest BCUT2D eigenvalue weighted by atomic mass is 35.5. The van der Waals surface area contributed by atoms with Gasteiger partial charge in [0, 0.05) is 6.20 Å². The van der Waals surface area contributed by atoms with Gasteiger partial charge in [-0.15, -0.1) is 0 Å². The Hall–Kier alpha value is -2.25. The van der Waals surface area contributed by atoms with E-state index in [1.807, 2.05) is 0 Å². The molecule has 5 rings (SSSR count). The molecule has 2 bridgehead atoms. The van der Waals surface area contributed by atoms with Crippen molar-refractivity contribution in [2.24, 2.45) is 11.8 Å². The van der Waals surface area contributed by atoms with Crippen molar-refractivity contribution in [3.63, 3.8) is 0 Å². The summed E-state index contributed by atoms with van der Waals surface area (Å²) in [5, 5.41) is 4.58. The number of nitrogens with zero attached hydrogens (tertiary/aromatic N) is 3. The quantitative estimate of drug-likeness (QED) is 0.773. The van der Waals surface area contributed by atoms with Crippen LogP contribution in [0.2, 0.25) is 5.02 Å². The second-order valence-electron chi connectivity index (χ2n) is 6.98. The van der Waals surface area contributed by atoms with Gasteiger partial charge in [-0.05, 0) is 30.5 Å². The first-order chi connectivity index (χ1) is 12.5. The first-order valence-electron chi connectivity index (χ1n) is 8.53. The summed E-state index contributed by atoms with van der Waals surface area (Å²) in [6.07, 6.45) is 2.84. The molecule has 26 heavy (non-hydrogen) atoms. The second-order valence-corrected chi connectivity index (χ2v) is 7.39. The molecule has 3 aliphatic rings. The normalized spacial score (nSPS) is 29.7. The highest BCUT2D eigenvalue weighted by molar-refractivity contribution is 6.35. The largest absolute Gasteiger partial charge is 0.373 e. The van der Waals surface area contributed by atoms with Gasteiger partial charge in [-0.25, -0.2) is 9.29 Å². The molecular weight excluding hydrogens is 361 g/mol. The summed E-state index contributed by atoms with van der Waals surface area (Å²) in [6, 6.07) is 6.03. The molecule has 6 nitrogen and oxygen atoms in total. The molecule has 3 aliphatic heterocycles. The minimum Gasteiger partial charge on any atom is -0.373 e. The molecule has 134 valence electrons. The van der Waals surface area contributed by atoms with Crippen molar-refractivity contribution >= 4 is 29.2 Å². The van der Waals surface area contributed by atoms with Gasteiger partial charge in [0.05, 0.1) is 30.6 Å². The van der Waals surface area contributed by atoms with E-state index < -0.39 is 11.8 Å². The molecule has 0 aliphatic carbocycles. The lowest BCUT2D eigenvalue weighted by atomic mass is 9.81. The first kappa shape index (κ1) is 16.0. The van der Waals surface area contributed by atoms with E-state index in [1.54, 1.807) is 23.0 Å². The highest BCUT2D eigenvalue weighted by Crippen LogP contribution is 2.49. The van der Waals surface area contributed by atoms with Crippen LogP contribution in [-0.4, -0.2) is 33.8 Å². The fourth-order valence-corrected chi connectivity index (χ4v) is 4.55. The number of imide groups is 1. The predicted molar refractivity (Wildman–Crippen MR) is 90.1 cm³/mol. The molecule has 3 fully saturated rings. The van der Waals surface area contributed by atoms with Gasteiger partial charge in [0.1, 0.15) is 10.8 Å². The van der Waals surface area contributed by atoms with Crippen LogP contribution in [0.1, 0.15) is 18.4 Å². The number of hydrogen-bond acceptors (Lipinski definition) is 4. The first-order valence-corrected chi connectivity index (χ1v) is 8.91. The number of benzene rings is 1. The van der Waals surface area contributed by atoms with Gasteiger partial charge in [-0.3, -0.25) is 14.3 Å². The van der Waals surface area contributed by atoms with Crippen molar-refractivity contribution < 1.29 is 18.7 Å². The van der Waals surface area contributed by atoms with E-state index in [0.29, 0.717) is 6.54 Å². The molecule has 0 unspecified atom stereocenters. The van der Waals surface area contributed by atoms with Crippen LogP contribution in [0.25, 0.3) is 0 Å². The van der Waals surface area contributed by atoms with Crippen molar-refractivity contribution in [1.82, 2.24) is 9.78 Å². The van der Waals surface area contributed by atoms with Gasteiger partial charge in [0.15, 0.2) is 5.82 Å². The molecular formula is C18H15ClFN3O3. The Morgan fingerprint density at radius 3 is 2.35 bits per heavy atom. The third-order valence-electron chi connectivity index (χ3n) is 5.45. The Morgan fingerprint density at radius 2 is 1.73 bits per heavy atom. The summed E-state index contributed by atoms with van der Waals surface area (Å²) in [6.45, 7) is 0.359. The Morgan fingerprint density at radius 1 is 1.12 bits per heavy atom. The van der Waals surface area contributed by atoms with Crippen LogP contribution in [0.5, 0.6) is 0 Å². The lowest BCUT2D eigenvalue weighted by Crippen LogP contribution is -2.34. The van der Waals surface area contributed by atoms with Gasteiger partial charge in [0.2, 0.25) is 11.8 Å². The van der Waals surface area contributed by atoms with Gasteiger partial charge < -0.3 is 4.74 Å². The molecule has 0 radical (unpaired) electrons. The summed E-state index contributed by atoms with van der Waals surface area (Å²) >= 11 is 6.27. The lowest BCUT2D eigenvalue weighted by molar-refractivity contribution is -0.124. The number of rotatable bonds is 3. The number of aromatic nitrogens is 2. The van der Waals surface area contributed by atoms with E-state index >= 15 is 0 Å². The summed E-state index contributed by atoms with van der Waals surface area (Å²) in [4.78, 5) is 26.8. The van der Waals surface area contributed by atoms with Crippen LogP contribution in [0, 0.1) is 17.7 Å². The van der Waals surface area contributed by atoms with E-state index in [0.717, 1.165) is 23.3 Å². The van der Waals surface area contributed by atoms with Crippen LogP contribution in [0.3, 0.4) is 0 Å². The number of halogens is 2. The minimum atomic E-state index is -0.417. The maximum absolute atomic E-state index is 13.0. The van der Waals surface area contributed by atoms with Crippen molar-refractivity contribution in [3.8, 4) is 0 Å². The van der Waals surface area contributed by atoms with Crippen molar-refractivity contribution in [2.75, 3.05) is 4.90 Å². The Bertz CT molecular complexity index is 885. The summed E-state index contributed by atoms with van der Waals surface area (Å²) < 4.78 is 20.3. The SMILES string of the molecule is O=C1[C@@H]2[C@H](C(=O)N1c1nn(Cc3ccc(F)cc3)cc1Cl)[C@H]1CC[C@H]2O1. The zero-order valence-corrected chi connectivity index (χ0v) is 14.4. The van der Waals surface area contributed by atoms with Crippen LogP contribution in [0.4, 0.5) is 10.2 Å². The van der Waals surface area contributed by atoms with Crippen molar-refractivity contribution in [3.05, 3.63) is 46.9 Å². The lowest BCUT2D eigenvalue weighted by Gasteiger charge is -2.15. The molecule has 4 heterocycles.